The first-order valence-corrected chi connectivity index (χ1v) is 9.53. The molecule has 0 radical (unpaired) electrons. The summed E-state index contributed by atoms with van der Waals surface area (Å²) < 4.78 is 11.0. The Hall–Kier alpha value is -2.37. The number of morpholine rings is 1. The van der Waals surface area contributed by atoms with Crippen molar-refractivity contribution in [2.24, 2.45) is 0 Å². The Morgan fingerprint density at radius 3 is 2.52 bits per heavy atom. The summed E-state index contributed by atoms with van der Waals surface area (Å²) in [5, 5.41) is 2.99. The van der Waals surface area contributed by atoms with Crippen LogP contribution in [0.15, 0.2) is 48.5 Å². The summed E-state index contributed by atoms with van der Waals surface area (Å²) in [4.78, 5) is 14.8. The molecule has 27 heavy (non-hydrogen) atoms. The zero-order valence-electron chi connectivity index (χ0n) is 16.1. The monoisotopic (exact) mass is 368 g/mol. The van der Waals surface area contributed by atoms with Crippen LogP contribution in [0.1, 0.15) is 35.3 Å². The molecule has 0 spiro atoms. The van der Waals surface area contributed by atoms with Gasteiger partial charge >= 0.3 is 0 Å². The van der Waals surface area contributed by atoms with Gasteiger partial charge in [-0.05, 0) is 49.2 Å². The van der Waals surface area contributed by atoms with Gasteiger partial charge in [0.2, 0.25) is 0 Å². The lowest BCUT2D eigenvalue weighted by molar-refractivity contribution is 0.0342. The van der Waals surface area contributed by atoms with Gasteiger partial charge in [-0.25, -0.2) is 0 Å². The zero-order chi connectivity index (χ0) is 19.1. The lowest BCUT2D eigenvalue weighted by Gasteiger charge is -2.26. The molecule has 1 saturated heterocycles. The molecule has 2 aromatic carbocycles. The van der Waals surface area contributed by atoms with Crippen molar-refractivity contribution < 1.29 is 14.3 Å². The quantitative estimate of drug-likeness (QED) is 0.815. The van der Waals surface area contributed by atoms with Crippen LogP contribution in [0.2, 0.25) is 0 Å². The van der Waals surface area contributed by atoms with Crippen LogP contribution in [0.25, 0.3) is 0 Å². The first kappa shape index (κ1) is 19.4. The van der Waals surface area contributed by atoms with Crippen molar-refractivity contribution in [3.8, 4) is 5.75 Å². The van der Waals surface area contributed by atoms with Gasteiger partial charge in [0.05, 0.1) is 19.3 Å². The fourth-order valence-corrected chi connectivity index (χ4v) is 3.10. The summed E-state index contributed by atoms with van der Waals surface area (Å²) in [6.45, 7) is 8.94. The third kappa shape index (κ3) is 6.08. The summed E-state index contributed by atoms with van der Waals surface area (Å²) in [6.07, 6.45) is 0.120. The molecular formula is C22H28N2O3. The standard InChI is InChI=1S/C22H28N2O3/c1-17(2)27-21-8-6-20(7-9-21)22(25)23-15-18-4-3-5-19(14-18)16-24-10-12-26-13-11-24/h3-9,14,17H,10-13,15-16H2,1-2H3,(H,23,25). The Labute approximate surface area is 161 Å². The maximum absolute atomic E-state index is 12.4. The van der Waals surface area contributed by atoms with Gasteiger partial charge in [-0.3, -0.25) is 9.69 Å². The maximum atomic E-state index is 12.4. The van der Waals surface area contributed by atoms with Crippen molar-refractivity contribution >= 4 is 5.91 Å². The molecule has 3 rings (SSSR count). The first-order valence-electron chi connectivity index (χ1n) is 9.53. The van der Waals surface area contributed by atoms with Gasteiger partial charge in [0, 0.05) is 31.7 Å². The Kier molecular flexibility index (Phi) is 6.85. The SMILES string of the molecule is CC(C)Oc1ccc(C(=O)NCc2cccc(CN3CCOCC3)c2)cc1. The van der Waals surface area contributed by atoms with E-state index in [1.807, 2.05) is 32.0 Å². The molecule has 0 saturated carbocycles. The summed E-state index contributed by atoms with van der Waals surface area (Å²) in [5.74, 6) is 0.696. The van der Waals surface area contributed by atoms with Crippen molar-refractivity contribution in [3.63, 3.8) is 0 Å². The number of carbonyl (C=O) groups is 1. The lowest BCUT2D eigenvalue weighted by atomic mass is 10.1. The van der Waals surface area contributed by atoms with Crippen molar-refractivity contribution in [2.45, 2.75) is 33.0 Å². The molecule has 5 heteroatoms. The van der Waals surface area contributed by atoms with Crippen LogP contribution < -0.4 is 10.1 Å². The minimum atomic E-state index is -0.0790. The van der Waals surface area contributed by atoms with Crippen LogP contribution >= 0.6 is 0 Å². The van der Waals surface area contributed by atoms with Crippen LogP contribution in [0, 0.1) is 0 Å². The van der Waals surface area contributed by atoms with E-state index in [4.69, 9.17) is 9.47 Å². The molecule has 5 nitrogen and oxygen atoms in total. The molecule has 2 aromatic rings. The van der Waals surface area contributed by atoms with Crippen molar-refractivity contribution in [1.82, 2.24) is 10.2 Å². The maximum Gasteiger partial charge on any atom is 0.251 e. The summed E-state index contributed by atoms with van der Waals surface area (Å²) in [6, 6.07) is 15.6. The second kappa shape index (κ2) is 9.53. The second-order valence-corrected chi connectivity index (χ2v) is 7.08. The fraction of sp³-hybridized carbons (Fsp3) is 0.409. The lowest BCUT2D eigenvalue weighted by Crippen LogP contribution is -2.35. The third-order valence-corrected chi connectivity index (χ3v) is 4.44. The van der Waals surface area contributed by atoms with E-state index in [9.17, 15) is 4.79 Å². The highest BCUT2D eigenvalue weighted by Gasteiger charge is 2.11. The Bertz CT molecular complexity index is 737. The molecule has 1 aliphatic heterocycles. The Balaban J connectivity index is 1.53. The van der Waals surface area contributed by atoms with E-state index in [0.29, 0.717) is 12.1 Å². The molecule has 0 bridgehead atoms. The van der Waals surface area contributed by atoms with E-state index in [0.717, 1.165) is 44.2 Å². The van der Waals surface area contributed by atoms with E-state index in [2.05, 4.69) is 28.4 Å². The topological polar surface area (TPSA) is 50.8 Å². The predicted molar refractivity (Wildman–Crippen MR) is 106 cm³/mol. The average Bonchev–Trinajstić information content (AvgIpc) is 2.67. The molecule has 0 atom stereocenters. The highest BCUT2D eigenvalue weighted by molar-refractivity contribution is 5.94. The number of ether oxygens (including phenoxy) is 2. The third-order valence-electron chi connectivity index (χ3n) is 4.44. The molecule has 1 fully saturated rings. The molecule has 0 aliphatic carbocycles. The van der Waals surface area contributed by atoms with Gasteiger partial charge in [0.1, 0.15) is 5.75 Å². The molecule has 1 amide bonds. The van der Waals surface area contributed by atoms with Crippen LogP contribution in [0.4, 0.5) is 0 Å². The average molecular weight is 368 g/mol. The molecule has 1 aliphatic rings. The van der Waals surface area contributed by atoms with Gasteiger partial charge in [0.25, 0.3) is 5.91 Å². The number of carbonyl (C=O) groups excluding carboxylic acids is 1. The van der Waals surface area contributed by atoms with Gasteiger partial charge in [-0.1, -0.05) is 24.3 Å². The highest BCUT2D eigenvalue weighted by Crippen LogP contribution is 2.14. The Morgan fingerprint density at radius 2 is 1.81 bits per heavy atom. The zero-order valence-corrected chi connectivity index (χ0v) is 16.1. The second-order valence-electron chi connectivity index (χ2n) is 7.08. The number of hydrogen-bond acceptors (Lipinski definition) is 4. The molecule has 1 heterocycles. The van der Waals surface area contributed by atoms with E-state index < -0.39 is 0 Å². The molecule has 0 unspecified atom stereocenters. The van der Waals surface area contributed by atoms with Crippen LogP contribution in [0.3, 0.4) is 0 Å². The van der Waals surface area contributed by atoms with Gasteiger partial charge in [0.15, 0.2) is 0 Å². The number of rotatable bonds is 7. The summed E-state index contributed by atoms with van der Waals surface area (Å²) >= 11 is 0. The minimum Gasteiger partial charge on any atom is -0.491 e. The van der Waals surface area contributed by atoms with Crippen molar-refractivity contribution in [2.75, 3.05) is 26.3 Å². The van der Waals surface area contributed by atoms with E-state index in [1.54, 1.807) is 12.1 Å². The number of hydrogen-bond donors (Lipinski definition) is 1. The predicted octanol–water partition coefficient (Wildman–Crippen LogP) is 3.24. The highest BCUT2D eigenvalue weighted by atomic mass is 16.5. The number of amides is 1. The van der Waals surface area contributed by atoms with Crippen LogP contribution in [-0.4, -0.2) is 43.2 Å². The molecular weight excluding hydrogens is 340 g/mol. The van der Waals surface area contributed by atoms with E-state index >= 15 is 0 Å². The minimum absolute atomic E-state index is 0.0790. The smallest absolute Gasteiger partial charge is 0.251 e. The normalized spacial score (nSPS) is 14.9. The van der Waals surface area contributed by atoms with Crippen molar-refractivity contribution in [3.05, 3.63) is 65.2 Å². The van der Waals surface area contributed by atoms with Gasteiger partial charge in [-0.2, -0.15) is 0 Å². The molecule has 1 N–H and O–H groups in total. The largest absolute Gasteiger partial charge is 0.491 e. The van der Waals surface area contributed by atoms with E-state index in [1.165, 1.54) is 5.56 Å². The fourth-order valence-electron chi connectivity index (χ4n) is 3.10. The summed E-state index contributed by atoms with van der Waals surface area (Å²) in [7, 11) is 0. The number of benzene rings is 2. The molecule has 0 aromatic heterocycles. The number of nitrogens with zero attached hydrogens (tertiary/aromatic N) is 1. The first-order chi connectivity index (χ1) is 13.1. The molecule has 144 valence electrons. The van der Waals surface area contributed by atoms with E-state index in [-0.39, 0.29) is 12.0 Å². The van der Waals surface area contributed by atoms with Gasteiger partial charge < -0.3 is 14.8 Å². The van der Waals surface area contributed by atoms with Gasteiger partial charge in [-0.15, -0.1) is 0 Å². The van der Waals surface area contributed by atoms with Crippen LogP contribution in [0.5, 0.6) is 5.75 Å². The van der Waals surface area contributed by atoms with Crippen molar-refractivity contribution in [1.29, 1.82) is 0 Å². The van der Waals surface area contributed by atoms with Crippen LogP contribution in [-0.2, 0) is 17.8 Å². The summed E-state index contributed by atoms with van der Waals surface area (Å²) in [5.41, 5.74) is 3.00. The number of nitrogens with one attached hydrogen (secondary N) is 1. The Morgan fingerprint density at radius 1 is 1.11 bits per heavy atom.